The van der Waals surface area contributed by atoms with Gasteiger partial charge < -0.3 is 16.2 Å². The highest BCUT2D eigenvalue weighted by Crippen LogP contribution is 2.33. The summed E-state index contributed by atoms with van der Waals surface area (Å²) in [5.41, 5.74) is 6.27. The number of aliphatic hydroxyl groups is 1. The first-order chi connectivity index (χ1) is 10.1. The number of nitrogens with one attached hydrogen (secondary N) is 1. The maximum atomic E-state index is 13.2. The minimum atomic E-state index is -0.368. The van der Waals surface area contributed by atoms with Gasteiger partial charge in [0.05, 0.1) is 5.69 Å². The molecule has 0 radical (unpaired) electrons. The maximum absolute atomic E-state index is 13.2. The number of fused-ring (bicyclic) bond motifs is 1. The van der Waals surface area contributed by atoms with Crippen LogP contribution >= 0.6 is 11.3 Å². The van der Waals surface area contributed by atoms with Gasteiger partial charge in [-0.25, -0.2) is 4.39 Å². The van der Waals surface area contributed by atoms with Crippen molar-refractivity contribution in [2.24, 2.45) is 5.92 Å². The summed E-state index contributed by atoms with van der Waals surface area (Å²) in [5.74, 6) is -0.370. The van der Waals surface area contributed by atoms with E-state index in [9.17, 15) is 9.18 Å². The van der Waals surface area contributed by atoms with E-state index < -0.39 is 0 Å². The molecule has 1 unspecified atom stereocenters. The number of hydrogen-bond donors (Lipinski definition) is 3. The van der Waals surface area contributed by atoms with Crippen LogP contribution in [0.4, 0.5) is 10.1 Å². The number of carbonyl (C=O) groups is 1. The highest BCUT2D eigenvalue weighted by atomic mass is 32.1. The quantitative estimate of drug-likeness (QED) is 0.768. The van der Waals surface area contributed by atoms with E-state index in [1.54, 1.807) is 6.07 Å². The van der Waals surface area contributed by atoms with Gasteiger partial charge in [0.15, 0.2) is 0 Å². The van der Waals surface area contributed by atoms with Crippen molar-refractivity contribution in [3.8, 4) is 0 Å². The van der Waals surface area contributed by atoms with Gasteiger partial charge in [-0.2, -0.15) is 0 Å². The van der Waals surface area contributed by atoms with Gasteiger partial charge in [0.2, 0.25) is 0 Å². The number of carbonyl (C=O) groups excluding carboxylic acids is 1. The normalized spacial score (nSPS) is 12.5. The number of amides is 1. The van der Waals surface area contributed by atoms with Crippen LogP contribution in [0.1, 0.15) is 29.4 Å². The van der Waals surface area contributed by atoms with Crippen LogP contribution in [0.5, 0.6) is 0 Å². The molecular formula is C15H19FN2O2S. The number of aliphatic hydroxyl groups excluding tert-OH is 1. The molecule has 0 fully saturated rings. The molecule has 0 aliphatic rings. The third-order valence-electron chi connectivity index (χ3n) is 3.56. The maximum Gasteiger partial charge on any atom is 0.263 e. The highest BCUT2D eigenvalue weighted by molar-refractivity contribution is 7.21. The van der Waals surface area contributed by atoms with E-state index >= 15 is 0 Å². The second kappa shape index (κ2) is 6.87. The molecule has 1 amide bonds. The summed E-state index contributed by atoms with van der Waals surface area (Å²) >= 11 is 1.26. The number of benzene rings is 1. The molecule has 0 spiro atoms. The largest absolute Gasteiger partial charge is 0.397 e. The molecule has 2 rings (SSSR count). The number of halogens is 1. The summed E-state index contributed by atoms with van der Waals surface area (Å²) in [5, 5.41) is 12.4. The number of rotatable bonds is 6. The molecule has 0 aliphatic carbocycles. The molecule has 21 heavy (non-hydrogen) atoms. The van der Waals surface area contributed by atoms with Crippen LogP contribution in [0.3, 0.4) is 0 Å². The Morgan fingerprint density at radius 3 is 2.95 bits per heavy atom. The number of nitrogens with two attached hydrogens (primary N) is 1. The van der Waals surface area contributed by atoms with Crippen molar-refractivity contribution in [1.82, 2.24) is 5.32 Å². The summed E-state index contributed by atoms with van der Waals surface area (Å²) in [6, 6.07) is 4.33. The molecule has 1 aromatic heterocycles. The van der Waals surface area contributed by atoms with Gasteiger partial charge in [-0.05, 0) is 30.5 Å². The first-order valence-electron chi connectivity index (χ1n) is 6.93. The van der Waals surface area contributed by atoms with Crippen molar-refractivity contribution in [1.29, 1.82) is 0 Å². The van der Waals surface area contributed by atoms with Gasteiger partial charge in [-0.1, -0.05) is 13.3 Å². The molecule has 2 aromatic rings. The monoisotopic (exact) mass is 310 g/mol. The minimum Gasteiger partial charge on any atom is -0.397 e. The molecule has 6 heteroatoms. The van der Waals surface area contributed by atoms with E-state index in [0.717, 1.165) is 11.1 Å². The SMILES string of the molecule is CCC(CCO)CNC(=O)c1sc2ccc(F)cc2c1N. The van der Waals surface area contributed by atoms with Crippen molar-refractivity contribution < 1.29 is 14.3 Å². The molecule has 0 saturated heterocycles. The average molecular weight is 310 g/mol. The second-order valence-corrected chi connectivity index (χ2v) is 6.03. The number of hydrogen-bond acceptors (Lipinski definition) is 4. The van der Waals surface area contributed by atoms with Crippen LogP contribution in [-0.2, 0) is 0 Å². The summed E-state index contributed by atoms with van der Waals surface area (Å²) in [6.45, 7) is 2.62. The van der Waals surface area contributed by atoms with E-state index in [0.29, 0.717) is 28.9 Å². The lowest BCUT2D eigenvalue weighted by atomic mass is 10.0. The number of anilines is 1. The molecular weight excluding hydrogens is 291 g/mol. The van der Waals surface area contributed by atoms with Crippen molar-refractivity contribution in [2.75, 3.05) is 18.9 Å². The Hall–Kier alpha value is -1.66. The van der Waals surface area contributed by atoms with E-state index in [4.69, 9.17) is 10.8 Å². The Morgan fingerprint density at radius 1 is 1.52 bits per heavy atom. The molecule has 1 heterocycles. The zero-order valence-corrected chi connectivity index (χ0v) is 12.7. The zero-order chi connectivity index (χ0) is 15.4. The smallest absolute Gasteiger partial charge is 0.263 e. The van der Waals surface area contributed by atoms with E-state index in [1.807, 2.05) is 6.92 Å². The predicted molar refractivity (Wildman–Crippen MR) is 84.0 cm³/mol. The van der Waals surface area contributed by atoms with Crippen molar-refractivity contribution in [2.45, 2.75) is 19.8 Å². The van der Waals surface area contributed by atoms with Gasteiger partial charge in [-0.3, -0.25) is 4.79 Å². The lowest BCUT2D eigenvalue weighted by Crippen LogP contribution is -2.29. The first-order valence-corrected chi connectivity index (χ1v) is 7.75. The third kappa shape index (κ3) is 3.51. The number of thiophene rings is 1. The Labute approximate surface area is 126 Å². The fourth-order valence-electron chi connectivity index (χ4n) is 2.21. The Bertz CT molecular complexity index is 642. The Morgan fingerprint density at radius 2 is 2.29 bits per heavy atom. The van der Waals surface area contributed by atoms with E-state index in [-0.39, 0.29) is 24.2 Å². The Balaban J connectivity index is 2.14. The summed E-state index contributed by atoms with van der Waals surface area (Å²) in [7, 11) is 0. The van der Waals surface area contributed by atoms with Gasteiger partial charge in [0, 0.05) is 23.2 Å². The van der Waals surface area contributed by atoms with E-state index in [2.05, 4.69) is 5.32 Å². The molecule has 0 bridgehead atoms. The van der Waals surface area contributed by atoms with Gasteiger partial charge in [0.1, 0.15) is 10.7 Å². The molecule has 4 nitrogen and oxygen atoms in total. The second-order valence-electron chi connectivity index (χ2n) is 4.98. The lowest BCUT2D eigenvalue weighted by molar-refractivity contribution is 0.0948. The fourth-order valence-corrected chi connectivity index (χ4v) is 3.23. The fraction of sp³-hybridized carbons (Fsp3) is 0.400. The summed E-state index contributed by atoms with van der Waals surface area (Å²) in [4.78, 5) is 12.6. The van der Waals surface area contributed by atoms with E-state index in [1.165, 1.54) is 23.5 Å². The molecule has 4 N–H and O–H groups in total. The molecule has 1 atom stereocenters. The predicted octanol–water partition coefficient (Wildman–Crippen LogP) is 2.76. The third-order valence-corrected chi connectivity index (χ3v) is 4.75. The highest BCUT2D eigenvalue weighted by Gasteiger charge is 2.17. The van der Waals surface area contributed by atoms with Crippen molar-refractivity contribution in [3.05, 3.63) is 28.9 Å². The van der Waals surface area contributed by atoms with Crippen LogP contribution in [0.25, 0.3) is 10.1 Å². The standard InChI is InChI=1S/C15H19FN2O2S/c1-2-9(5-6-19)8-18-15(20)14-13(17)11-7-10(16)3-4-12(11)21-14/h3-4,7,9,19H,2,5-6,8,17H2,1H3,(H,18,20). The van der Waals surface area contributed by atoms with Crippen LogP contribution in [0, 0.1) is 11.7 Å². The number of nitrogen functional groups attached to an aromatic ring is 1. The summed E-state index contributed by atoms with van der Waals surface area (Å²) < 4.78 is 14.0. The molecule has 114 valence electrons. The average Bonchev–Trinajstić information content (AvgIpc) is 2.80. The van der Waals surface area contributed by atoms with Crippen LogP contribution < -0.4 is 11.1 Å². The lowest BCUT2D eigenvalue weighted by Gasteiger charge is -2.13. The molecule has 0 aliphatic heterocycles. The van der Waals surface area contributed by atoms with Crippen LogP contribution in [0.15, 0.2) is 18.2 Å². The minimum absolute atomic E-state index is 0.110. The molecule has 0 saturated carbocycles. The molecule has 1 aromatic carbocycles. The van der Waals surface area contributed by atoms with Gasteiger partial charge in [-0.15, -0.1) is 11.3 Å². The zero-order valence-electron chi connectivity index (χ0n) is 11.9. The summed E-state index contributed by atoms with van der Waals surface area (Å²) in [6.07, 6.45) is 1.54. The van der Waals surface area contributed by atoms with Gasteiger partial charge in [0.25, 0.3) is 5.91 Å². The Kier molecular flexibility index (Phi) is 5.14. The van der Waals surface area contributed by atoms with Crippen molar-refractivity contribution in [3.63, 3.8) is 0 Å². The van der Waals surface area contributed by atoms with Crippen LogP contribution in [-0.4, -0.2) is 24.2 Å². The topological polar surface area (TPSA) is 75.3 Å². The van der Waals surface area contributed by atoms with Crippen molar-refractivity contribution >= 4 is 33.0 Å². The van der Waals surface area contributed by atoms with Crippen LogP contribution in [0.2, 0.25) is 0 Å². The van der Waals surface area contributed by atoms with Gasteiger partial charge >= 0.3 is 0 Å². The first kappa shape index (κ1) is 15.7.